The van der Waals surface area contributed by atoms with Crippen molar-refractivity contribution in [3.05, 3.63) is 76.4 Å². The first kappa shape index (κ1) is 16.4. The maximum atomic E-state index is 13.3. The summed E-state index contributed by atoms with van der Waals surface area (Å²) < 4.78 is 14.4. The highest BCUT2D eigenvalue weighted by molar-refractivity contribution is 9.10. The largest absolute Gasteiger partial charge is 0.710 e. The SMILES string of the molecule is Cl.[O-][n+]1cnc(-c2ccc(F)c(Br)c2)cc1-c1ccccc1. The monoisotopic (exact) mass is 380 g/mol. The lowest BCUT2D eigenvalue weighted by Gasteiger charge is -2.09. The summed E-state index contributed by atoms with van der Waals surface area (Å²) in [5.74, 6) is -0.336. The van der Waals surface area contributed by atoms with Crippen LogP contribution in [0, 0.1) is 11.0 Å². The molecule has 112 valence electrons. The van der Waals surface area contributed by atoms with E-state index in [-0.39, 0.29) is 18.2 Å². The highest BCUT2D eigenvalue weighted by atomic mass is 79.9. The molecule has 6 heteroatoms. The van der Waals surface area contributed by atoms with Crippen molar-refractivity contribution in [2.24, 2.45) is 0 Å². The predicted molar refractivity (Wildman–Crippen MR) is 89.0 cm³/mol. The van der Waals surface area contributed by atoms with E-state index in [2.05, 4.69) is 20.9 Å². The standard InChI is InChI=1S/C16H10BrFN2O.ClH/c17-13-8-12(6-7-14(13)18)15-9-16(20(21)10-19-15)11-4-2-1-3-5-11;/h1-10H;1H. The van der Waals surface area contributed by atoms with Gasteiger partial charge in [-0.3, -0.25) is 0 Å². The van der Waals surface area contributed by atoms with Crippen LogP contribution in [0.25, 0.3) is 22.5 Å². The average molecular weight is 382 g/mol. The van der Waals surface area contributed by atoms with E-state index in [1.165, 1.54) is 12.4 Å². The van der Waals surface area contributed by atoms with Crippen LogP contribution < -0.4 is 4.73 Å². The predicted octanol–water partition coefficient (Wildman–Crippen LogP) is 4.37. The number of aromatic nitrogens is 2. The van der Waals surface area contributed by atoms with Gasteiger partial charge in [-0.05, 0) is 39.1 Å². The zero-order chi connectivity index (χ0) is 14.8. The molecule has 0 bridgehead atoms. The second-order valence-electron chi connectivity index (χ2n) is 4.48. The summed E-state index contributed by atoms with van der Waals surface area (Å²) in [5.41, 5.74) is 2.65. The van der Waals surface area contributed by atoms with E-state index < -0.39 is 0 Å². The quantitative estimate of drug-likeness (QED) is 0.488. The molecule has 2 aromatic carbocycles. The third kappa shape index (κ3) is 3.26. The highest BCUT2D eigenvalue weighted by Gasteiger charge is 2.13. The highest BCUT2D eigenvalue weighted by Crippen LogP contribution is 2.25. The lowest BCUT2D eigenvalue weighted by atomic mass is 10.1. The molecule has 0 fully saturated rings. The fourth-order valence-corrected chi connectivity index (χ4v) is 2.42. The summed E-state index contributed by atoms with van der Waals surface area (Å²) >= 11 is 3.15. The molecule has 1 heterocycles. The lowest BCUT2D eigenvalue weighted by molar-refractivity contribution is -0.597. The van der Waals surface area contributed by atoms with Gasteiger partial charge in [0.15, 0.2) is 5.69 Å². The molecular weight excluding hydrogens is 371 g/mol. The summed E-state index contributed by atoms with van der Waals surface area (Å²) in [4.78, 5) is 4.11. The second kappa shape index (κ2) is 6.85. The van der Waals surface area contributed by atoms with Gasteiger partial charge < -0.3 is 5.21 Å². The second-order valence-corrected chi connectivity index (χ2v) is 5.33. The van der Waals surface area contributed by atoms with Crippen LogP contribution in [0.1, 0.15) is 0 Å². The van der Waals surface area contributed by atoms with Crippen molar-refractivity contribution >= 4 is 28.3 Å². The van der Waals surface area contributed by atoms with Crippen molar-refractivity contribution in [3.8, 4) is 22.5 Å². The maximum Gasteiger partial charge on any atom is 0.290 e. The number of nitrogens with zero attached hydrogens (tertiary/aromatic N) is 2. The zero-order valence-corrected chi connectivity index (χ0v) is 13.6. The minimum absolute atomic E-state index is 0. The van der Waals surface area contributed by atoms with Gasteiger partial charge in [-0.25, -0.2) is 9.12 Å². The number of hydrogen-bond acceptors (Lipinski definition) is 2. The van der Waals surface area contributed by atoms with Crippen LogP contribution in [0.2, 0.25) is 0 Å². The molecule has 3 aromatic rings. The molecule has 0 unspecified atom stereocenters. The van der Waals surface area contributed by atoms with E-state index in [1.807, 2.05) is 30.3 Å². The van der Waals surface area contributed by atoms with Crippen LogP contribution in [0.15, 0.2) is 65.4 Å². The van der Waals surface area contributed by atoms with Crippen molar-refractivity contribution in [2.75, 3.05) is 0 Å². The number of halogens is 3. The van der Waals surface area contributed by atoms with Gasteiger partial charge in [-0.15, -0.1) is 12.4 Å². The number of hydrogen-bond donors (Lipinski definition) is 0. The molecule has 22 heavy (non-hydrogen) atoms. The minimum Gasteiger partial charge on any atom is -0.710 e. The van der Waals surface area contributed by atoms with Crippen LogP contribution in [-0.4, -0.2) is 4.98 Å². The van der Waals surface area contributed by atoms with Crippen LogP contribution in [-0.2, 0) is 0 Å². The molecule has 0 radical (unpaired) electrons. The van der Waals surface area contributed by atoms with E-state index in [1.54, 1.807) is 18.2 Å². The fourth-order valence-electron chi connectivity index (χ4n) is 2.04. The molecule has 0 saturated heterocycles. The number of rotatable bonds is 2. The van der Waals surface area contributed by atoms with Gasteiger partial charge in [-0.2, -0.15) is 0 Å². The van der Waals surface area contributed by atoms with E-state index in [4.69, 9.17) is 0 Å². The van der Waals surface area contributed by atoms with E-state index in [0.717, 1.165) is 15.9 Å². The first-order valence-electron chi connectivity index (χ1n) is 6.25. The molecule has 0 spiro atoms. The Kier molecular flexibility index (Phi) is 5.11. The van der Waals surface area contributed by atoms with Gasteiger partial charge in [0.05, 0.1) is 4.47 Å². The Hall–Kier alpha value is -1.98. The minimum atomic E-state index is -0.336. The average Bonchev–Trinajstić information content (AvgIpc) is 2.51. The van der Waals surface area contributed by atoms with Crippen molar-refractivity contribution in [2.45, 2.75) is 0 Å². The zero-order valence-electron chi connectivity index (χ0n) is 11.2. The van der Waals surface area contributed by atoms with Crippen molar-refractivity contribution in [1.82, 2.24) is 4.98 Å². The molecular formula is C16H11BrClFN2O. The first-order chi connectivity index (χ1) is 10.1. The van der Waals surface area contributed by atoms with Crippen LogP contribution in [0.4, 0.5) is 4.39 Å². The van der Waals surface area contributed by atoms with Gasteiger partial charge in [0.2, 0.25) is 0 Å². The Bertz CT molecular complexity index is 799. The lowest BCUT2D eigenvalue weighted by Crippen LogP contribution is -2.29. The molecule has 0 amide bonds. The van der Waals surface area contributed by atoms with Crippen LogP contribution in [0.3, 0.4) is 0 Å². The Morgan fingerprint density at radius 1 is 1.00 bits per heavy atom. The van der Waals surface area contributed by atoms with Gasteiger partial charge in [0.25, 0.3) is 6.33 Å². The summed E-state index contributed by atoms with van der Waals surface area (Å²) in [6, 6.07) is 15.7. The molecule has 0 atom stereocenters. The third-order valence-corrected chi connectivity index (χ3v) is 3.71. The molecule has 0 aliphatic rings. The molecule has 0 N–H and O–H groups in total. The molecule has 3 rings (SSSR count). The maximum absolute atomic E-state index is 13.3. The molecule has 0 aliphatic heterocycles. The Morgan fingerprint density at radius 3 is 2.41 bits per heavy atom. The van der Waals surface area contributed by atoms with E-state index >= 15 is 0 Å². The third-order valence-electron chi connectivity index (χ3n) is 3.10. The van der Waals surface area contributed by atoms with Gasteiger partial charge in [0.1, 0.15) is 11.5 Å². The topological polar surface area (TPSA) is 39.8 Å². The smallest absolute Gasteiger partial charge is 0.290 e. The van der Waals surface area contributed by atoms with E-state index in [0.29, 0.717) is 15.9 Å². The molecule has 3 nitrogen and oxygen atoms in total. The molecule has 0 aliphatic carbocycles. The fraction of sp³-hybridized carbons (Fsp3) is 0. The summed E-state index contributed by atoms with van der Waals surface area (Å²) in [7, 11) is 0. The Balaban J connectivity index is 0.00000176. The normalized spacial score (nSPS) is 10.1. The number of benzene rings is 2. The van der Waals surface area contributed by atoms with Gasteiger partial charge in [0, 0.05) is 17.2 Å². The van der Waals surface area contributed by atoms with Crippen molar-refractivity contribution in [3.63, 3.8) is 0 Å². The summed E-state index contributed by atoms with van der Waals surface area (Å²) in [5, 5.41) is 11.9. The summed E-state index contributed by atoms with van der Waals surface area (Å²) in [6.45, 7) is 0. The molecule has 1 aromatic heterocycles. The van der Waals surface area contributed by atoms with Crippen LogP contribution >= 0.6 is 28.3 Å². The first-order valence-corrected chi connectivity index (χ1v) is 7.04. The van der Waals surface area contributed by atoms with Gasteiger partial charge >= 0.3 is 0 Å². The Labute approximate surface area is 141 Å². The Morgan fingerprint density at radius 2 is 1.73 bits per heavy atom. The van der Waals surface area contributed by atoms with Crippen molar-refractivity contribution in [1.29, 1.82) is 0 Å². The van der Waals surface area contributed by atoms with Crippen molar-refractivity contribution < 1.29 is 9.12 Å². The summed E-state index contributed by atoms with van der Waals surface area (Å²) in [6.07, 6.45) is 1.22. The van der Waals surface area contributed by atoms with Crippen LogP contribution in [0.5, 0.6) is 0 Å². The van der Waals surface area contributed by atoms with E-state index in [9.17, 15) is 9.60 Å². The molecule has 0 saturated carbocycles. The van der Waals surface area contributed by atoms with Gasteiger partial charge in [-0.1, -0.05) is 30.3 Å².